The highest BCUT2D eigenvalue weighted by Crippen LogP contribution is 2.38. The maximum atomic E-state index is 13.1. The minimum atomic E-state index is -0.386. The van der Waals surface area contributed by atoms with Crippen molar-refractivity contribution in [1.82, 2.24) is 20.4 Å². The Morgan fingerprint density at radius 3 is 2.69 bits per heavy atom. The number of aromatic nitrogens is 2. The first-order chi connectivity index (χ1) is 15.5. The summed E-state index contributed by atoms with van der Waals surface area (Å²) in [7, 11) is 0. The molecule has 2 fully saturated rings. The number of urea groups is 1. The predicted molar refractivity (Wildman–Crippen MR) is 119 cm³/mol. The molecule has 1 aromatic heterocycles. The first-order valence-electron chi connectivity index (χ1n) is 10.8. The van der Waals surface area contributed by atoms with E-state index in [2.05, 4.69) is 15.5 Å². The monoisotopic (exact) mass is 450 g/mol. The van der Waals surface area contributed by atoms with Gasteiger partial charge in [0.25, 0.3) is 0 Å². The van der Waals surface area contributed by atoms with Crippen LogP contribution in [-0.4, -0.2) is 33.0 Å². The highest BCUT2D eigenvalue weighted by Gasteiger charge is 2.45. The van der Waals surface area contributed by atoms with Crippen molar-refractivity contribution in [3.8, 4) is 11.4 Å². The summed E-state index contributed by atoms with van der Waals surface area (Å²) >= 11 is 6.22. The lowest BCUT2D eigenvalue weighted by Gasteiger charge is -2.41. The molecule has 2 aliphatic rings. The fourth-order valence-corrected chi connectivity index (χ4v) is 4.75. The predicted octanol–water partition coefficient (Wildman–Crippen LogP) is 4.70. The van der Waals surface area contributed by atoms with E-state index in [1.54, 1.807) is 6.07 Å². The SMILES string of the molecule is Cc1ccc(-c2noc(C3CCC4C(=O)N(Cc5ccccc5Cl)C(=O)NC4C3)n2)cc1. The van der Waals surface area contributed by atoms with E-state index in [4.69, 9.17) is 16.1 Å². The summed E-state index contributed by atoms with van der Waals surface area (Å²) in [6, 6.07) is 14.6. The van der Waals surface area contributed by atoms with E-state index < -0.39 is 0 Å². The molecule has 32 heavy (non-hydrogen) atoms. The van der Waals surface area contributed by atoms with Gasteiger partial charge in [0.15, 0.2) is 0 Å². The molecule has 2 heterocycles. The van der Waals surface area contributed by atoms with Crippen LogP contribution in [0, 0.1) is 12.8 Å². The van der Waals surface area contributed by atoms with E-state index in [-0.39, 0.29) is 36.4 Å². The van der Waals surface area contributed by atoms with Crippen LogP contribution in [0.4, 0.5) is 4.79 Å². The molecule has 3 amide bonds. The van der Waals surface area contributed by atoms with E-state index in [1.807, 2.05) is 49.4 Å². The Balaban J connectivity index is 1.29. The molecule has 2 aromatic carbocycles. The first-order valence-corrected chi connectivity index (χ1v) is 11.1. The number of nitrogens with one attached hydrogen (secondary N) is 1. The number of nitrogens with zero attached hydrogens (tertiary/aromatic N) is 3. The molecule has 3 aromatic rings. The first kappa shape index (κ1) is 20.7. The Hall–Kier alpha value is -3.19. The van der Waals surface area contributed by atoms with Crippen molar-refractivity contribution in [3.05, 3.63) is 70.6 Å². The van der Waals surface area contributed by atoms with E-state index in [1.165, 1.54) is 4.90 Å². The zero-order chi connectivity index (χ0) is 22.2. The molecule has 164 valence electrons. The van der Waals surface area contributed by atoms with Crippen LogP contribution in [0.3, 0.4) is 0 Å². The third kappa shape index (κ3) is 3.88. The number of hydrogen-bond acceptors (Lipinski definition) is 5. The Morgan fingerprint density at radius 1 is 1.12 bits per heavy atom. The molecule has 3 atom stereocenters. The van der Waals surface area contributed by atoms with Gasteiger partial charge >= 0.3 is 6.03 Å². The van der Waals surface area contributed by atoms with E-state index in [0.29, 0.717) is 29.6 Å². The van der Waals surface area contributed by atoms with E-state index >= 15 is 0 Å². The second kappa shape index (κ2) is 8.39. The number of carbonyl (C=O) groups is 2. The van der Waals surface area contributed by atoms with Crippen molar-refractivity contribution in [2.45, 2.75) is 44.7 Å². The molecule has 0 spiro atoms. The average Bonchev–Trinajstić information content (AvgIpc) is 3.28. The summed E-state index contributed by atoms with van der Waals surface area (Å²) in [5.74, 6) is 0.705. The number of aryl methyl sites for hydroxylation is 1. The second-order valence-electron chi connectivity index (χ2n) is 8.51. The van der Waals surface area contributed by atoms with Gasteiger partial charge in [-0.05, 0) is 37.8 Å². The maximum absolute atomic E-state index is 13.1. The molecule has 1 aliphatic heterocycles. The van der Waals surface area contributed by atoms with E-state index in [0.717, 1.165) is 23.1 Å². The normalized spacial score (nSPS) is 23.1. The van der Waals surface area contributed by atoms with Gasteiger partial charge in [-0.1, -0.05) is 64.8 Å². The lowest BCUT2D eigenvalue weighted by Crippen LogP contribution is -2.60. The molecule has 7 nitrogen and oxygen atoms in total. The van der Waals surface area contributed by atoms with Crippen LogP contribution in [0.5, 0.6) is 0 Å². The molecule has 1 aliphatic carbocycles. The number of benzene rings is 2. The number of halogens is 1. The van der Waals surface area contributed by atoms with Crippen LogP contribution in [0.2, 0.25) is 5.02 Å². The van der Waals surface area contributed by atoms with Crippen molar-refractivity contribution < 1.29 is 14.1 Å². The number of imide groups is 1. The summed E-state index contributed by atoms with van der Waals surface area (Å²) in [6.07, 6.45) is 1.99. The fraction of sp³-hybridized carbons (Fsp3) is 0.333. The smallest absolute Gasteiger partial charge is 0.324 e. The minimum absolute atomic E-state index is 0.00571. The van der Waals surface area contributed by atoms with E-state index in [9.17, 15) is 9.59 Å². The summed E-state index contributed by atoms with van der Waals surface area (Å²) in [5.41, 5.74) is 2.81. The van der Waals surface area contributed by atoms with Crippen molar-refractivity contribution >= 4 is 23.5 Å². The van der Waals surface area contributed by atoms with Crippen LogP contribution in [-0.2, 0) is 11.3 Å². The number of rotatable bonds is 4. The highest BCUT2D eigenvalue weighted by molar-refractivity contribution is 6.31. The number of hydrogen-bond donors (Lipinski definition) is 1. The molecule has 0 bridgehead atoms. The minimum Gasteiger partial charge on any atom is -0.339 e. The average molecular weight is 451 g/mol. The van der Waals surface area contributed by atoms with Gasteiger partial charge in [-0.3, -0.25) is 9.69 Å². The Labute approximate surface area is 190 Å². The largest absolute Gasteiger partial charge is 0.339 e. The van der Waals surface area contributed by atoms with Gasteiger partial charge in [-0.2, -0.15) is 4.98 Å². The van der Waals surface area contributed by atoms with Gasteiger partial charge in [0.1, 0.15) is 0 Å². The zero-order valence-electron chi connectivity index (χ0n) is 17.6. The third-order valence-electron chi connectivity index (χ3n) is 6.37. The molecule has 3 unspecified atom stereocenters. The third-order valence-corrected chi connectivity index (χ3v) is 6.74. The van der Waals surface area contributed by atoms with Crippen molar-refractivity contribution in [2.24, 2.45) is 5.92 Å². The number of fused-ring (bicyclic) bond motifs is 1. The Bertz CT molecular complexity index is 1160. The molecule has 8 heteroatoms. The molecule has 1 N–H and O–H groups in total. The molecular weight excluding hydrogens is 428 g/mol. The molecular formula is C24H23ClN4O3. The highest BCUT2D eigenvalue weighted by atomic mass is 35.5. The number of amides is 3. The fourth-order valence-electron chi connectivity index (χ4n) is 4.55. The zero-order valence-corrected chi connectivity index (χ0v) is 18.4. The van der Waals surface area contributed by atoms with Crippen LogP contribution in [0.1, 0.15) is 42.2 Å². The quantitative estimate of drug-likeness (QED) is 0.622. The van der Waals surface area contributed by atoms with Crippen molar-refractivity contribution in [3.63, 3.8) is 0 Å². The Morgan fingerprint density at radius 2 is 1.91 bits per heavy atom. The maximum Gasteiger partial charge on any atom is 0.324 e. The van der Waals surface area contributed by atoms with Gasteiger partial charge in [0.2, 0.25) is 17.6 Å². The van der Waals surface area contributed by atoms with Crippen LogP contribution in [0.15, 0.2) is 53.1 Å². The molecule has 1 saturated carbocycles. The standard InChI is InChI=1S/C24H23ClN4O3/c1-14-6-8-15(9-7-14)21-27-22(32-28-21)16-10-11-18-20(12-16)26-24(31)29(23(18)30)13-17-4-2-3-5-19(17)25/h2-9,16,18,20H,10-13H2,1H3,(H,26,31). The topological polar surface area (TPSA) is 88.3 Å². The van der Waals surface area contributed by atoms with Crippen molar-refractivity contribution in [1.29, 1.82) is 0 Å². The van der Waals surface area contributed by atoms with Gasteiger partial charge in [-0.15, -0.1) is 0 Å². The van der Waals surface area contributed by atoms with Gasteiger partial charge < -0.3 is 9.84 Å². The van der Waals surface area contributed by atoms with Crippen LogP contribution < -0.4 is 5.32 Å². The lowest BCUT2D eigenvalue weighted by molar-refractivity contribution is -0.137. The lowest BCUT2D eigenvalue weighted by atomic mass is 9.76. The summed E-state index contributed by atoms with van der Waals surface area (Å²) in [5, 5.41) is 7.69. The molecule has 5 rings (SSSR count). The van der Waals surface area contributed by atoms with Gasteiger partial charge in [0, 0.05) is 22.5 Å². The molecule has 1 saturated heterocycles. The van der Waals surface area contributed by atoms with Gasteiger partial charge in [-0.25, -0.2) is 4.79 Å². The summed E-state index contributed by atoms with van der Waals surface area (Å²) in [4.78, 5) is 31.7. The summed E-state index contributed by atoms with van der Waals surface area (Å²) < 4.78 is 5.55. The molecule has 0 radical (unpaired) electrons. The second-order valence-corrected chi connectivity index (χ2v) is 8.92. The van der Waals surface area contributed by atoms with Crippen LogP contribution in [0.25, 0.3) is 11.4 Å². The summed E-state index contributed by atoms with van der Waals surface area (Å²) in [6.45, 7) is 2.19. The van der Waals surface area contributed by atoms with Gasteiger partial charge in [0.05, 0.1) is 12.5 Å². The number of carbonyl (C=O) groups excluding carboxylic acids is 2. The van der Waals surface area contributed by atoms with Crippen LogP contribution >= 0.6 is 11.6 Å². The Kier molecular flexibility index (Phi) is 5.43. The van der Waals surface area contributed by atoms with Crippen molar-refractivity contribution in [2.75, 3.05) is 0 Å².